The molecule has 196 valence electrons. The molecule has 9 heteroatoms. The van der Waals surface area contributed by atoms with Crippen molar-refractivity contribution in [3.8, 4) is 0 Å². The van der Waals surface area contributed by atoms with E-state index in [9.17, 15) is 19.2 Å². The van der Waals surface area contributed by atoms with E-state index in [1.54, 1.807) is 4.90 Å². The number of likely N-dealkylation sites (tertiary alicyclic amines) is 1. The van der Waals surface area contributed by atoms with E-state index in [1.807, 2.05) is 51.1 Å². The molecule has 1 aliphatic rings. The molecule has 1 atom stereocenters. The first-order valence-electron chi connectivity index (χ1n) is 13.0. The lowest BCUT2D eigenvalue weighted by Crippen LogP contribution is -2.49. The highest BCUT2D eigenvalue weighted by Crippen LogP contribution is 2.25. The number of piperidine rings is 1. The van der Waals surface area contributed by atoms with Crippen LogP contribution in [-0.2, 0) is 22.6 Å². The number of H-pyrrole nitrogens is 1. The van der Waals surface area contributed by atoms with Gasteiger partial charge in [0.25, 0.3) is 5.56 Å². The molecule has 0 spiro atoms. The van der Waals surface area contributed by atoms with Gasteiger partial charge in [-0.1, -0.05) is 57.5 Å². The highest BCUT2D eigenvalue weighted by atomic mass is 16.2. The van der Waals surface area contributed by atoms with Gasteiger partial charge in [0, 0.05) is 26.2 Å². The fourth-order valence-electron chi connectivity index (χ4n) is 4.60. The van der Waals surface area contributed by atoms with Crippen LogP contribution in [0.1, 0.15) is 58.4 Å². The van der Waals surface area contributed by atoms with Gasteiger partial charge in [-0.3, -0.25) is 23.9 Å². The maximum atomic E-state index is 13.8. The predicted molar refractivity (Wildman–Crippen MR) is 142 cm³/mol. The molecule has 9 nitrogen and oxygen atoms in total. The van der Waals surface area contributed by atoms with Gasteiger partial charge in [-0.25, -0.2) is 4.79 Å². The molecule has 1 fully saturated rings. The van der Waals surface area contributed by atoms with Gasteiger partial charge in [0.05, 0.1) is 12.3 Å². The summed E-state index contributed by atoms with van der Waals surface area (Å²) in [6.07, 6.45) is 3.86. The van der Waals surface area contributed by atoms with E-state index in [4.69, 9.17) is 5.73 Å². The second-order valence-electron chi connectivity index (χ2n) is 10.0. The summed E-state index contributed by atoms with van der Waals surface area (Å²) in [6, 6.07) is 9.55. The van der Waals surface area contributed by atoms with E-state index < -0.39 is 17.2 Å². The Morgan fingerprint density at radius 2 is 1.92 bits per heavy atom. The second-order valence-corrected chi connectivity index (χ2v) is 10.0. The van der Waals surface area contributed by atoms with Crippen molar-refractivity contribution in [3.63, 3.8) is 0 Å². The summed E-state index contributed by atoms with van der Waals surface area (Å²) in [5.41, 5.74) is 6.09. The van der Waals surface area contributed by atoms with Crippen molar-refractivity contribution in [1.29, 1.82) is 0 Å². The van der Waals surface area contributed by atoms with Crippen molar-refractivity contribution < 1.29 is 9.59 Å². The molecular weight excluding hydrogens is 458 g/mol. The normalized spacial score (nSPS) is 15.8. The van der Waals surface area contributed by atoms with E-state index in [-0.39, 0.29) is 29.7 Å². The molecule has 0 saturated carbocycles. The lowest BCUT2D eigenvalue weighted by atomic mass is 9.95. The molecule has 36 heavy (non-hydrogen) atoms. The Morgan fingerprint density at radius 3 is 2.58 bits per heavy atom. The third kappa shape index (κ3) is 6.65. The Hall–Kier alpha value is -3.36. The maximum absolute atomic E-state index is 13.8. The van der Waals surface area contributed by atoms with E-state index in [0.29, 0.717) is 51.4 Å². The standard InChI is InChI=1S/C27H39N5O4/c1-4-5-15-32-24(28)23(25(34)29-27(32)36)31(16-13-19(2)3)26(35)21-12-9-14-30(18-21)22(33)17-20-10-7-6-8-11-20/h6-8,10-11,19,21H,4-5,9,12-18,28H2,1-3H3,(H,29,34,36). The van der Waals surface area contributed by atoms with Crippen LogP contribution in [0.2, 0.25) is 0 Å². The van der Waals surface area contributed by atoms with Crippen LogP contribution in [0, 0.1) is 11.8 Å². The van der Waals surface area contributed by atoms with Crippen molar-refractivity contribution in [2.45, 2.75) is 65.8 Å². The number of carbonyl (C=O) groups is 2. The van der Waals surface area contributed by atoms with Crippen molar-refractivity contribution in [2.75, 3.05) is 30.3 Å². The van der Waals surface area contributed by atoms with E-state index in [2.05, 4.69) is 4.98 Å². The van der Waals surface area contributed by atoms with Crippen molar-refractivity contribution >= 4 is 23.3 Å². The zero-order valence-corrected chi connectivity index (χ0v) is 21.7. The molecule has 1 aliphatic heterocycles. The number of nitrogen functional groups attached to an aromatic ring is 1. The van der Waals surface area contributed by atoms with Crippen LogP contribution >= 0.6 is 0 Å². The summed E-state index contributed by atoms with van der Waals surface area (Å²) < 4.78 is 1.34. The monoisotopic (exact) mass is 497 g/mol. The second kappa shape index (κ2) is 12.6. The fraction of sp³-hybridized carbons (Fsp3) is 0.556. The van der Waals surface area contributed by atoms with Gasteiger partial charge in [-0.05, 0) is 37.2 Å². The molecule has 2 aromatic rings. The topological polar surface area (TPSA) is 121 Å². The maximum Gasteiger partial charge on any atom is 0.330 e. The Labute approximate surface area is 212 Å². The van der Waals surface area contributed by atoms with Crippen LogP contribution in [-0.4, -0.2) is 45.9 Å². The number of rotatable bonds is 10. The van der Waals surface area contributed by atoms with Crippen LogP contribution in [0.4, 0.5) is 11.5 Å². The van der Waals surface area contributed by atoms with Crippen molar-refractivity contribution in [3.05, 3.63) is 56.7 Å². The fourth-order valence-corrected chi connectivity index (χ4v) is 4.60. The smallest absolute Gasteiger partial charge is 0.330 e. The molecular formula is C27H39N5O4. The third-order valence-electron chi connectivity index (χ3n) is 6.74. The molecule has 0 radical (unpaired) electrons. The Kier molecular flexibility index (Phi) is 9.50. The number of anilines is 2. The van der Waals surface area contributed by atoms with E-state index in [0.717, 1.165) is 18.4 Å². The summed E-state index contributed by atoms with van der Waals surface area (Å²) >= 11 is 0. The molecule has 1 aromatic heterocycles. The van der Waals surface area contributed by atoms with Crippen LogP contribution in [0.3, 0.4) is 0 Å². The lowest BCUT2D eigenvalue weighted by molar-refractivity contribution is -0.134. The number of amides is 2. The first kappa shape index (κ1) is 27.2. The SMILES string of the molecule is CCCCn1c(N)c(N(CCC(C)C)C(=O)C2CCCN(C(=O)Cc3ccccc3)C2)c(=O)[nH]c1=O. The Balaban J connectivity index is 1.87. The molecule has 2 amide bonds. The number of unbranched alkanes of at least 4 members (excludes halogenated alkanes) is 1. The molecule has 1 unspecified atom stereocenters. The van der Waals surface area contributed by atoms with Gasteiger partial charge in [-0.15, -0.1) is 0 Å². The first-order chi connectivity index (χ1) is 17.2. The van der Waals surface area contributed by atoms with Gasteiger partial charge in [0.2, 0.25) is 11.8 Å². The number of hydrogen-bond donors (Lipinski definition) is 2. The summed E-state index contributed by atoms with van der Waals surface area (Å²) in [5.74, 6) is -0.381. The highest BCUT2D eigenvalue weighted by Gasteiger charge is 2.34. The summed E-state index contributed by atoms with van der Waals surface area (Å²) in [5, 5.41) is 0. The number of carbonyl (C=O) groups excluding carboxylic acids is 2. The first-order valence-corrected chi connectivity index (χ1v) is 13.0. The third-order valence-corrected chi connectivity index (χ3v) is 6.74. The minimum Gasteiger partial charge on any atom is -0.383 e. The number of nitrogens with zero attached hydrogens (tertiary/aromatic N) is 3. The average molecular weight is 498 g/mol. The Morgan fingerprint density at radius 1 is 1.19 bits per heavy atom. The Bertz CT molecular complexity index is 1150. The number of hydrogen-bond acceptors (Lipinski definition) is 5. The molecule has 0 aliphatic carbocycles. The molecule has 2 heterocycles. The van der Waals surface area contributed by atoms with Crippen LogP contribution < -0.4 is 21.9 Å². The molecule has 1 saturated heterocycles. The highest BCUT2D eigenvalue weighted by molar-refractivity contribution is 5.97. The van der Waals surface area contributed by atoms with Gasteiger partial charge in [-0.2, -0.15) is 0 Å². The van der Waals surface area contributed by atoms with Gasteiger partial charge in [0.15, 0.2) is 5.69 Å². The molecule has 1 aromatic carbocycles. The number of nitrogens with two attached hydrogens (primary N) is 1. The van der Waals surface area contributed by atoms with Gasteiger partial charge in [0.1, 0.15) is 5.82 Å². The summed E-state index contributed by atoms with van der Waals surface area (Å²) in [6.45, 7) is 7.67. The zero-order valence-electron chi connectivity index (χ0n) is 21.7. The molecule has 3 N–H and O–H groups in total. The minimum absolute atomic E-state index is 0.0158. The van der Waals surface area contributed by atoms with Crippen LogP contribution in [0.25, 0.3) is 0 Å². The molecule has 3 rings (SSSR count). The number of aromatic amines is 1. The number of aromatic nitrogens is 2. The van der Waals surface area contributed by atoms with Gasteiger partial charge >= 0.3 is 5.69 Å². The average Bonchev–Trinajstić information content (AvgIpc) is 2.86. The summed E-state index contributed by atoms with van der Waals surface area (Å²) in [4.78, 5) is 57.7. The van der Waals surface area contributed by atoms with Crippen LogP contribution in [0.15, 0.2) is 39.9 Å². The van der Waals surface area contributed by atoms with E-state index in [1.165, 1.54) is 9.47 Å². The minimum atomic E-state index is -0.657. The van der Waals surface area contributed by atoms with Gasteiger partial charge < -0.3 is 15.5 Å². The van der Waals surface area contributed by atoms with Crippen molar-refractivity contribution in [1.82, 2.24) is 14.5 Å². The number of benzene rings is 1. The largest absolute Gasteiger partial charge is 0.383 e. The zero-order chi connectivity index (χ0) is 26.2. The number of nitrogens with one attached hydrogen (secondary N) is 1. The van der Waals surface area contributed by atoms with E-state index >= 15 is 0 Å². The van der Waals surface area contributed by atoms with Crippen LogP contribution in [0.5, 0.6) is 0 Å². The molecule has 0 bridgehead atoms. The summed E-state index contributed by atoms with van der Waals surface area (Å²) in [7, 11) is 0. The lowest BCUT2D eigenvalue weighted by Gasteiger charge is -2.35. The quantitative estimate of drug-likeness (QED) is 0.523. The van der Waals surface area contributed by atoms with Crippen molar-refractivity contribution in [2.24, 2.45) is 11.8 Å². The predicted octanol–water partition coefficient (Wildman–Crippen LogP) is 2.78.